The number of nitrogens with one attached hydrogen (secondary N) is 1. The van der Waals surface area contributed by atoms with Crippen molar-refractivity contribution in [3.63, 3.8) is 0 Å². The lowest BCUT2D eigenvalue weighted by Crippen LogP contribution is -2.21. The molecule has 0 amide bonds. The molecule has 6 nitrogen and oxygen atoms in total. The minimum Gasteiger partial charge on any atom is -0.467 e. The molecule has 2 aromatic rings. The average Bonchev–Trinajstić information content (AvgIpc) is 2.61. The van der Waals surface area contributed by atoms with E-state index in [9.17, 15) is 4.79 Å². The van der Waals surface area contributed by atoms with E-state index in [1.54, 1.807) is 6.92 Å². The summed E-state index contributed by atoms with van der Waals surface area (Å²) >= 11 is 0. The molecule has 0 unspecified atom stereocenters. The number of H-pyrrole nitrogens is 1. The first-order valence-electron chi connectivity index (χ1n) is 4.69. The standard InChI is InChI=1S/C9H12N4O2/c1-4-6-5(2)10-8-11-9(15-3)12-13(8)7(6)14/h4H2,1-3H3,(H,10,11,12). The second-order valence-corrected chi connectivity index (χ2v) is 3.20. The number of nitrogens with zero attached hydrogens (tertiary/aromatic N) is 3. The van der Waals surface area contributed by atoms with Gasteiger partial charge in [0.1, 0.15) is 0 Å². The summed E-state index contributed by atoms with van der Waals surface area (Å²) in [4.78, 5) is 20.1. The van der Waals surface area contributed by atoms with Crippen molar-refractivity contribution in [2.75, 3.05) is 7.11 Å². The smallest absolute Gasteiger partial charge is 0.312 e. The van der Waals surface area contributed by atoms with E-state index in [-0.39, 0.29) is 11.6 Å². The largest absolute Gasteiger partial charge is 0.467 e. The van der Waals surface area contributed by atoms with Gasteiger partial charge in [0.2, 0.25) is 0 Å². The number of hydrogen-bond acceptors (Lipinski definition) is 4. The summed E-state index contributed by atoms with van der Waals surface area (Å²) in [6.07, 6.45) is 0.655. The Labute approximate surface area is 85.9 Å². The van der Waals surface area contributed by atoms with Crippen molar-refractivity contribution in [2.45, 2.75) is 20.3 Å². The topological polar surface area (TPSA) is 72.3 Å². The number of rotatable bonds is 2. The predicted octanol–water partition coefficient (Wildman–Crippen LogP) is 0.297. The Morgan fingerprint density at radius 2 is 2.20 bits per heavy atom. The minimum absolute atomic E-state index is 0.115. The number of aryl methyl sites for hydroxylation is 1. The molecule has 0 aliphatic rings. The minimum atomic E-state index is -0.115. The first kappa shape index (κ1) is 9.70. The molecule has 2 rings (SSSR count). The number of aromatic amines is 1. The second-order valence-electron chi connectivity index (χ2n) is 3.20. The highest BCUT2D eigenvalue weighted by Gasteiger charge is 2.11. The lowest BCUT2D eigenvalue weighted by molar-refractivity contribution is 0.380. The third-order valence-corrected chi connectivity index (χ3v) is 2.32. The van der Waals surface area contributed by atoms with Crippen LogP contribution in [-0.4, -0.2) is 26.7 Å². The molecule has 1 N–H and O–H groups in total. The van der Waals surface area contributed by atoms with E-state index in [4.69, 9.17) is 4.74 Å². The summed E-state index contributed by atoms with van der Waals surface area (Å²) in [7, 11) is 1.48. The van der Waals surface area contributed by atoms with Gasteiger partial charge >= 0.3 is 6.01 Å². The fourth-order valence-corrected chi connectivity index (χ4v) is 1.53. The highest BCUT2D eigenvalue weighted by atomic mass is 16.5. The van der Waals surface area contributed by atoms with E-state index < -0.39 is 0 Å². The van der Waals surface area contributed by atoms with Gasteiger partial charge in [-0.25, -0.2) is 10.1 Å². The van der Waals surface area contributed by atoms with E-state index in [0.29, 0.717) is 17.8 Å². The molecule has 0 radical (unpaired) electrons. The molecule has 80 valence electrons. The quantitative estimate of drug-likeness (QED) is 0.770. The van der Waals surface area contributed by atoms with Gasteiger partial charge in [-0.1, -0.05) is 6.92 Å². The van der Waals surface area contributed by atoms with Gasteiger partial charge in [-0.3, -0.25) is 4.79 Å². The van der Waals surface area contributed by atoms with Crippen LogP contribution in [0.5, 0.6) is 6.01 Å². The second kappa shape index (κ2) is 3.38. The van der Waals surface area contributed by atoms with Crippen LogP contribution in [0.4, 0.5) is 0 Å². The van der Waals surface area contributed by atoms with Gasteiger partial charge in [0.05, 0.1) is 12.8 Å². The van der Waals surface area contributed by atoms with E-state index in [1.165, 1.54) is 11.6 Å². The summed E-state index contributed by atoms with van der Waals surface area (Å²) < 4.78 is 6.20. The zero-order valence-electron chi connectivity index (χ0n) is 8.87. The lowest BCUT2D eigenvalue weighted by Gasteiger charge is -1.99. The maximum absolute atomic E-state index is 11.9. The normalized spacial score (nSPS) is 10.9. The maximum atomic E-state index is 11.9. The first-order chi connectivity index (χ1) is 7.17. The molecule has 0 saturated carbocycles. The zero-order chi connectivity index (χ0) is 11.0. The third-order valence-electron chi connectivity index (χ3n) is 2.32. The Balaban J connectivity index is 2.82. The van der Waals surface area contributed by atoms with Gasteiger partial charge in [-0.15, -0.1) is 0 Å². The number of hydrogen-bond donors (Lipinski definition) is 1. The van der Waals surface area contributed by atoms with Gasteiger partial charge in [0.15, 0.2) is 0 Å². The molecule has 0 atom stereocenters. The fraction of sp³-hybridized carbons (Fsp3) is 0.444. The van der Waals surface area contributed by atoms with E-state index >= 15 is 0 Å². The molecule has 6 heteroatoms. The van der Waals surface area contributed by atoms with Crippen molar-refractivity contribution in [1.29, 1.82) is 0 Å². The van der Waals surface area contributed by atoms with Crippen LogP contribution in [-0.2, 0) is 6.42 Å². The summed E-state index contributed by atoms with van der Waals surface area (Å²) in [5, 5.41) is 2.72. The predicted molar refractivity (Wildman–Crippen MR) is 54.3 cm³/mol. The van der Waals surface area contributed by atoms with Crippen LogP contribution in [0.2, 0.25) is 0 Å². The van der Waals surface area contributed by atoms with Crippen molar-refractivity contribution in [3.8, 4) is 6.01 Å². The Bertz CT molecular complexity index is 555. The van der Waals surface area contributed by atoms with Crippen molar-refractivity contribution in [1.82, 2.24) is 19.6 Å². The van der Waals surface area contributed by atoms with Gasteiger partial charge in [-0.05, 0) is 13.3 Å². The average molecular weight is 208 g/mol. The van der Waals surface area contributed by atoms with Gasteiger partial charge in [0, 0.05) is 5.56 Å². The van der Waals surface area contributed by atoms with Crippen molar-refractivity contribution in [2.24, 2.45) is 0 Å². The molecule has 0 aliphatic carbocycles. The summed E-state index contributed by atoms with van der Waals surface area (Å²) in [5.41, 5.74) is 1.30. The van der Waals surface area contributed by atoms with Gasteiger partial charge < -0.3 is 4.74 Å². The summed E-state index contributed by atoms with van der Waals surface area (Å²) in [6, 6.07) is 0.284. The molecular weight excluding hydrogens is 196 g/mol. The molecule has 0 aliphatic heterocycles. The Kier molecular flexibility index (Phi) is 2.18. The highest BCUT2D eigenvalue weighted by Crippen LogP contribution is 2.06. The number of aromatic nitrogens is 4. The zero-order valence-corrected chi connectivity index (χ0v) is 8.87. The molecule has 15 heavy (non-hydrogen) atoms. The number of methoxy groups -OCH3 is 1. The van der Waals surface area contributed by atoms with Crippen LogP contribution in [0.25, 0.3) is 5.78 Å². The van der Waals surface area contributed by atoms with Crippen LogP contribution >= 0.6 is 0 Å². The van der Waals surface area contributed by atoms with E-state index in [0.717, 1.165) is 5.69 Å². The molecule has 0 spiro atoms. The molecule has 0 bridgehead atoms. The highest BCUT2D eigenvalue weighted by molar-refractivity contribution is 5.32. The lowest BCUT2D eigenvalue weighted by atomic mass is 10.2. The Morgan fingerprint density at radius 3 is 2.80 bits per heavy atom. The number of fused-ring (bicyclic) bond motifs is 1. The van der Waals surface area contributed by atoms with Gasteiger partial charge in [0.25, 0.3) is 11.3 Å². The Hall–Kier alpha value is -1.85. The van der Waals surface area contributed by atoms with Crippen molar-refractivity contribution >= 4 is 5.78 Å². The van der Waals surface area contributed by atoms with Crippen LogP contribution in [0, 0.1) is 6.92 Å². The molecule has 2 heterocycles. The molecular formula is C9H12N4O2. The van der Waals surface area contributed by atoms with Crippen LogP contribution in [0.1, 0.15) is 18.2 Å². The maximum Gasteiger partial charge on any atom is 0.312 e. The van der Waals surface area contributed by atoms with Gasteiger partial charge in [-0.2, -0.15) is 9.50 Å². The summed E-state index contributed by atoms with van der Waals surface area (Å²) in [5.74, 6) is 0.339. The molecule has 0 aromatic carbocycles. The van der Waals surface area contributed by atoms with Crippen molar-refractivity contribution < 1.29 is 4.74 Å². The monoisotopic (exact) mass is 208 g/mol. The van der Waals surface area contributed by atoms with E-state index in [1.807, 2.05) is 6.92 Å². The van der Waals surface area contributed by atoms with E-state index in [2.05, 4.69) is 15.1 Å². The SMILES string of the molecule is CCc1c(C)nc2nc(OC)[nH]n2c1=O. The fourth-order valence-electron chi connectivity index (χ4n) is 1.53. The van der Waals surface area contributed by atoms with Crippen LogP contribution in [0.3, 0.4) is 0 Å². The molecule has 0 saturated heterocycles. The molecule has 0 fully saturated rings. The number of ether oxygens (including phenoxy) is 1. The summed E-state index contributed by atoms with van der Waals surface area (Å²) in [6.45, 7) is 3.73. The molecule has 2 aromatic heterocycles. The Morgan fingerprint density at radius 1 is 1.47 bits per heavy atom. The van der Waals surface area contributed by atoms with Crippen LogP contribution in [0.15, 0.2) is 4.79 Å². The van der Waals surface area contributed by atoms with Crippen LogP contribution < -0.4 is 10.3 Å². The van der Waals surface area contributed by atoms with Crippen molar-refractivity contribution in [3.05, 3.63) is 21.6 Å². The first-order valence-corrected chi connectivity index (χ1v) is 4.69. The third kappa shape index (κ3) is 1.38.